The van der Waals surface area contributed by atoms with E-state index in [0.29, 0.717) is 18.8 Å². The lowest BCUT2D eigenvalue weighted by molar-refractivity contribution is -0.117. The molecule has 0 spiro atoms. The zero-order chi connectivity index (χ0) is 24.4. The minimum atomic E-state index is -2.75. The Morgan fingerprint density at radius 2 is 1.88 bits per heavy atom. The fraction of sp³-hybridized carbons (Fsp3) is 0.381. The molecule has 4 rings (SSSR count). The standard InChI is InChI=1S/C11H14F2N4O.C6H4F2.C4H6N2O/c1-7-2-3-17(5-11(7,12)13)9-4-8(10(14)18)15-6-16-9;7-5-2-1-3-6(8)4-5;7-4-6-3-1-2-5-6/h4,6-7H,2-3,5H2,1H3,(H2,14,18);1-4H;2,4H,1,3H2/t7-;;/m0../s1. The van der Waals surface area contributed by atoms with Crippen molar-refractivity contribution in [1.29, 1.82) is 0 Å². The Labute approximate surface area is 188 Å². The molecule has 1 saturated heterocycles. The van der Waals surface area contributed by atoms with Crippen molar-refractivity contribution in [2.45, 2.75) is 25.7 Å². The molecule has 3 heterocycles. The van der Waals surface area contributed by atoms with Crippen molar-refractivity contribution in [3.05, 3.63) is 54.0 Å². The molecular weight excluding hydrogens is 444 g/mol. The van der Waals surface area contributed by atoms with E-state index in [1.54, 1.807) is 6.21 Å². The Kier molecular flexibility index (Phi) is 9.25. The molecule has 8 nitrogen and oxygen atoms in total. The first-order valence-corrected chi connectivity index (χ1v) is 10.0. The maximum atomic E-state index is 13.6. The van der Waals surface area contributed by atoms with Crippen LogP contribution in [0.4, 0.5) is 23.4 Å². The van der Waals surface area contributed by atoms with Gasteiger partial charge in [-0.1, -0.05) is 13.0 Å². The van der Waals surface area contributed by atoms with E-state index in [1.165, 1.54) is 41.1 Å². The van der Waals surface area contributed by atoms with Gasteiger partial charge in [0.1, 0.15) is 29.5 Å². The molecule has 1 aromatic carbocycles. The van der Waals surface area contributed by atoms with E-state index in [4.69, 9.17) is 5.73 Å². The molecule has 1 fully saturated rings. The van der Waals surface area contributed by atoms with Crippen LogP contribution in [0, 0.1) is 17.6 Å². The van der Waals surface area contributed by atoms with Gasteiger partial charge >= 0.3 is 0 Å². The molecule has 2 aliphatic heterocycles. The number of nitrogens with zero attached hydrogens (tertiary/aromatic N) is 5. The van der Waals surface area contributed by atoms with E-state index < -0.39 is 35.9 Å². The van der Waals surface area contributed by atoms with Crippen molar-refractivity contribution in [2.75, 3.05) is 24.5 Å². The maximum absolute atomic E-state index is 13.6. The molecular formula is C21H24F4N6O2. The second-order valence-electron chi connectivity index (χ2n) is 7.29. The number of hydrazone groups is 1. The summed E-state index contributed by atoms with van der Waals surface area (Å²) < 4.78 is 51.1. The highest BCUT2D eigenvalue weighted by molar-refractivity contribution is 5.91. The first-order valence-electron chi connectivity index (χ1n) is 10.0. The second kappa shape index (κ2) is 11.9. The second-order valence-corrected chi connectivity index (χ2v) is 7.29. The quantitative estimate of drug-likeness (QED) is 0.551. The van der Waals surface area contributed by atoms with Gasteiger partial charge in [-0.15, -0.1) is 0 Å². The minimum absolute atomic E-state index is 0.0296. The normalized spacial score (nSPS) is 18.5. The third kappa shape index (κ3) is 8.13. The van der Waals surface area contributed by atoms with Gasteiger partial charge in [0.15, 0.2) is 0 Å². The van der Waals surface area contributed by atoms with Gasteiger partial charge < -0.3 is 10.6 Å². The van der Waals surface area contributed by atoms with Crippen molar-refractivity contribution >= 4 is 24.3 Å². The predicted molar refractivity (Wildman–Crippen MR) is 114 cm³/mol. The van der Waals surface area contributed by atoms with Crippen molar-refractivity contribution in [3.8, 4) is 0 Å². The zero-order valence-corrected chi connectivity index (χ0v) is 17.9. The summed E-state index contributed by atoms with van der Waals surface area (Å²) >= 11 is 0. The molecule has 0 unspecified atom stereocenters. The van der Waals surface area contributed by atoms with E-state index >= 15 is 0 Å². The number of primary amides is 1. The summed E-state index contributed by atoms with van der Waals surface area (Å²) in [5.74, 6) is -4.86. The molecule has 33 heavy (non-hydrogen) atoms. The lowest BCUT2D eigenvalue weighted by Crippen LogP contribution is -2.48. The number of piperidine rings is 1. The SMILES string of the molecule is C[C@H]1CCN(c2cc(C(N)=O)ncn2)CC1(F)F.Fc1cccc(F)c1.O=CN1CCC=N1. The van der Waals surface area contributed by atoms with E-state index in [9.17, 15) is 27.2 Å². The molecule has 0 aliphatic carbocycles. The Morgan fingerprint density at radius 1 is 1.18 bits per heavy atom. The van der Waals surface area contributed by atoms with Crippen LogP contribution in [0.1, 0.15) is 30.3 Å². The number of nitrogens with two attached hydrogens (primary N) is 1. The predicted octanol–water partition coefficient (Wildman–Crippen LogP) is 2.86. The highest BCUT2D eigenvalue weighted by Crippen LogP contribution is 2.33. The highest BCUT2D eigenvalue weighted by atomic mass is 19.3. The Balaban J connectivity index is 0.000000210. The van der Waals surface area contributed by atoms with Gasteiger partial charge in [-0.2, -0.15) is 5.10 Å². The lowest BCUT2D eigenvalue weighted by Gasteiger charge is -2.37. The molecule has 2 aromatic rings. The Hall–Kier alpha value is -3.57. The first-order chi connectivity index (χ1) is 15.6. The number of halogens is 4. The minimum Gasteiger partial charge on any atom is -0.364 e. The molecule has 1 aromatic heterocycles. The summed E-state index contributed by atoms with van der Waals surface area (Å²) in [6.45, 7) is 2.37. The molecule has 2 amide bonds. The van der Waals surface area contributed by atoms with Crippen molar-refractivity contribution in [1.82, 2.24) is 15.0 Å². The van der Waals surface area contributed by atoms with Crippen molar-refractivity contribution < 1.29 is 27.2 Å². The number of alkyl halides is 2. The lowest BCUT2D eigenvalue weighted by atomic mass is 9.95. The van der Waals surface area contributed by atoms with Gasteiger partial charge in [0.2, 0.25) is 6.41 Å². The summed E-state index contributed by atoms with van der Waals surface area (Å²) in [7, 11) is 0. The van der Waals surface area contributed by atoms with E-state index in [-0.39, 0.29) is 5.69 Å². The number of anilines is 1. The third-order valence-corrected chi connectivity index (χ3v) is 4.81. The van der Waals surface area contributed by atoms with Crippen LogP contribution in [0.2, 0.25) is 0 Å². The monoisotopic (exact) mass is 468 g/mol. The van der Waals surface area contributed by atoms with Gasteiger partial charge in [0, 0.05) is 43.8 Å². The maximum Gasteiger partial charge on any atom is 0.267 e. The van der Waals surface area contributed by atoms with Gasteiger partial charge in [-0.25, -0.2) is 32.5 Å². The number of hydrogen-bond acceptors (Lipinski definition) is 6. The first kappa shape index (κ1) is 25.7. The van der Waals surface area contributed by atoms with Gasteiger partial charge in [0.05, 0.1) is 6.54 Å². The average molecular weight is 468 g/mol. The number of benzene rings is 1. The van der Waals surface area contributed by atoms with Crippen LogP contribution in [-0.4, -0.2) is 59.1 Å². The molecule has 0 bridgehead atoms. The van der Waals surface area contributed by atoms with Crippen LogP contribution < -0.4 is 10.6 Å². The highest BCUT2D eigenvalue weighted by Gasteiger charge is 2.42. The number of aromatic nitrogens is 2. The molecule has 1 atom stereocenters. The number of carbonyl (C=O) groups excluding carboxylic acids is 2. The summed E-state index contributed by atoms with van der Waals surface area (Å²) in [5.41, 5.74) is 5.12. The van der Waals surface area contributed by atoms with E-state index in [2.05, 4.69) is 15.1 Å². The van der Waals surface area contributed by atoms with Crippen molar-refractivity contribution in [3.63, 3.8) is 0 Å². The van der Waals surface area contributed by atoms with Gasteiger partial charge in [-0.3, -0.25) is 9.59 Å². The van der Waals surface area contributed by atoms with Crippen LogP contribution in [-0.2, 0) is 4.79 Å². The Bertz CT molecular complexity index is 958. The number of rotatable bonds is 3. The molecule has 178 valence electrons. The fourth-order valence-corrected chi connectivity index (χ4v) is 2.85. The van der Waals surface area contributed by atoms with E-state index in [1.807, 2.05) is 0 Å². The summed E-state index contributed by atoms with van der Waals surface area (Å²) in [4.78, 5) is 29.8. The van der Waals surface area contributed by atoms with Crippen LogP contribution in [0.25, 0.3) is 0 Å². The molecule has 2 N–H and O–H groups in total. The fourth-order valence-electron chi connectivity index (χ4n) is 2.85. The van der Waals surface area contributed by atoms with Crippen LogP contribution in [0.15, 0.2) is 41.8 Å². The van der Waals surface area contributed by atoms with Crippen LogP contribution in [0.3, 0.4) is 0 Å². The van der Waals surface area contributed by atoms with Crippen molar-refractivity contribution in [2.24, 2.45) is 16.8 Å². The molecule has 0 radical (unpaired) electrons. The summed E-state index contributed by atoms with van der Waals surface area (Å²) in [5, 5.41) is 5.07. The van der Waals surface area contributed by atoms with Crippen LogP contribution >= 0.6 is 0 Å². The smallest absolute Gasteiger partial charge is 0.267 e. The Morgan fingerprint density at radius 3 is 2.33 bits per heavy atom. The average Bonchev–Trinajstić information content (AvgIpc) is 3.30. The topological polar surface area (TPSA) is 105 Å². The number of hydrogen-bond donors (Lipinski definition) is 1. The summed E-state index contributed by atoms with van der Waals surface area (Å²) in [6.07, 6.45) is 4.89. The number of carbonyl (C=O) groups is 2. The van der Waals surface area contributed by atoms with E-state index in [0.717, 1.165) is 31.8 Å². The zero-order valence-electron chi connectivity index (χ0n) is 17.9. The summed E-state index contributed by atoms with van der Waals surface area (Å²) in [6, 6.07) is 5.89. The third-order valence-electron chi connectivity index (χ3n) is 4.81. The van der Waals surface area contributed by atoms with Gasteiger partial charge in [0.25, 0.3) is 11.8 Å². The van der Waals surface area contributed by atoms with Crippen LogP contribution in [0.5, 0.6) is 0 Å². The molecule has 12 heteroatoms. The molecule has 0 saturated carbocycles. The number of amides is 2. The largest absolute Gasteiger partial charge is 0.364 e. The molecule has 2 aliphatic rings. The van der Waals surface area contributed by atoms with Gasteiger partial charge in [-0.05, 0) is 18.6 Å².